The van der Waals surface area contributed by atoms with Gasteiger partial charge in [-0.3, -0.25) is 9.89 Å². The number of hydrogen-bond donors (Lipinski definition) is 2. The van der Waals surface area contributed by atoms with E-state index in [9.17, 15) is 4.79 Å². The first-order chi connectivity index (χ1) is 8.27. The van der Waals surface area contributed by atoms with E-state index < -0.39 is 0 Å². The molecular formula is C12H12BrN3O. The predicted molar refractivity (Wildman–Crippen MR) is 69.0 cm³/mol. The van der Waals surface area contributed by atoms with Crippen LogP contribution in [0.25, 0.3) is 0 Å². The van der Waals surface area contributed by atoms with E-state index in [-0.39, 0.29) is 10.7 Å². The topological polar surface area (TPSA) is 57.8 Å². The molecule has 0 aliphatic carbocycles. The minimum absolute atomic E-state index is 0.107. The first kappa shape index (κ1) is 11.9. The van der Waals surface area contributed by atoms with Gasteiger partial charge in [0.15, 0.2) is 0 Å². The third kappa shape index (κ3) is 3.17. The molecule has 0 aliphatic heterocycles. The Balaban J connectivity index is 1.89. The largest absolute Gasteiger partial charge is 0.349 e. The van der Waals surface area contributed by atoms with E-state index in [1.807, 2.05) is 30.3 Å². The smallest absolute Gasteiger partial charge is 0.269 e. The van der Waals surface area contributed by atoms with Gasteiger partial charge in [0, 0.05) is 12.7 Å². The second kappa shape index (κ2) is 5.63. The van der Waals surface area contributed by atoms with Crippen LogP contribution in [0.4, 0.5) is 0 Å². The van der Waals surface area contributed by atoms with Crippen LogP contribution in [0.5, 0.6) is 0 Å². The number of halogens is 1. The quantitative estimate of drug-likeness (QED) is 0.850. The molecule has 2 N–H and O–H groups in total. The van der Waals surface area contributed by atoms with E-state index in [1.54, 1.807) is 12.3 Å². The van der Waals surface area contributed by atoms with Crippen LogP contribution in [-0.4, -0.2) is 22.6 Å². The second-order valence-electron chi connectivity index (χ2n) is 3.56. The molecule has 1 aromatic carbocycles. The molecule has 0 aliphatic rings. The number of nitrogens with zero attached hydrogens (tertiary/aromatic N) is 1. The maximum Gasteiger partial charge on any atom is 0.269 e. The number of nitrogens with one attached hydrogen (secondary N) is 2. The van der Waals surface area contributed by atoms with Crippen molar-refractivity contribution in [2.24, 2.45) is 0 Å². The summed E-state index contributed by atoms with van der Waals surface area (Å²) in [7, 11) is 0. The minimum atomic E-state index is -0.150. The second-order valence-corrected chi connectivity index (χ2v) is 4.66. The van der Waals surface area contributed by atoms with Crippen LogP contribution >= 0.6 is 15.9 Å². The fourth-order valence-electron chi connectivity index (χ4n) is 1.44. The highest BCUT2D eigenvalue weighted by Gasteiger charge is 2.10. The fourth-order valence-corrected chi connectivity index (χ4v) is 1.91. The van der Waals surface area contributed by atoms with Crippen molar-refractivity contribution < 1.29 is 4.79 Å². The van der Waals surface area contributed by atoms with Gasteiger partial charge in [-0.2, -0.15) is 5.10 Å². The van der Waals surface area contributed by atoms with Gasteiger partial charge in [-0.15, -0.1) is 0 Å². The molecule has 17 heavy (non-hydrogen) atoms. The molecule has 0 fully saturated rings. The molecule has 1 heterocycles. The lowest BCUT2D eigenvalue weighted by molar-refractivity contribution is 0.0949. The molecule has 2 rings (SSSR count). The zero-order valence-corrected chi connectivity index (χ0v) is 10.6. The van der Waals surface area contributed by atoms with E-state index in [0.717, 1.165) is 5.56 Å². The van der Waals surface area contributed by atoms with Gasteiger partial charge in [-0.1, -0.05) is 46.3 Å². The molecule has 1 amide bonds. The monoisotopic (exact) mass is 293 g/mol. The molecule has 0 bridgehead atoms. The molecule has 0 saturated heterocycles. The van der Waals surface area contributed by atoms with Gasteiger partial charge in [-0.25, -0.2) is 0 Å². The Kier molecular flexibility index (Phi) is 3.93. The number of aromatic amines is 1. The summed E-state index contributed by atoms with van der Waals surface area (Å²) in [6.07, 6.45) is 1.55. The van der Waals surface area contributed by atoms with E-state index in [2.05, 4.69) is 31.4 Å². The van der Waals surface area contributed by atoms with Crippen molar-refractivity contribution in [3.8, 4) is 0 Å². The summed E-state index contributed by atoms with van der Waals surface area (Å²) in [4.78, 5) is 11.7. The fraction of sp³-hybridized carbons (Fsp3) is 0.167. The van der Waals surface area contributed by atoms with Crippen molar-refractivity contribution in [2.75, 3.05) is 6.54 Å². The first-order valence-corrected chi connectivity index (χ1v) is 6.15. The van der Waals surface area contributed by atoms with E-state index in [0.29, 0.717) is 12.2 Å². The number of carbonyl (C=O) groups excluding carboxylic acids is 1. The van der Waals surface area contributed by atoms with Crippen molar-refractivity contribution in [1.82, 2.24) is 15.5 Å². The lowest BCUT2D eigenvalue weighted by Crippen LogP contribution is -2.27. The summed E-state index contributed by atoms with van der Waals surface area (Å²) in [5.74, 6) is -0.150. The minimum Gasteiger partial charge on any atom is -0.349 e. The Bertz CT molecular complexity index is 470. The summed E-state index contributed by atoms with van der Waals surface area (Å²) < 4.78 is 0. The number of carbonyl (C=O) groups is 1. The van der Waals surface area contributed by atoms with Crippen molar-refractivity contribution in [1.29, 1.82) is 0 Å². The molecule has 88 valence electrons. The van der Waals surface area contributed by atoms with Gasteiger partial charge in [0.1, 0.15) is 5.69 Å². The highest BCUT2D eigenvalue weighted by molar-refractivity contribution is 9.09. The SMILES string of the molecule is O=C(NCC(Br)c1ccccc1)c1ccn[nH]1. The highest BCUT2D eigenvalue weighted by Crippen LogP contribution is 2.20. The average Bonchev–Trinajstić information content (AvgIpc) is 2.90. The maximum atomic E-state index is 11.6. The highest BCUT2D eigenvalue weighted by atomic mass is 79.9. The first-order valence-electron chi connectivity index (χ1n) is 5.24. The number of rotatable bonds is 4. The van der Waals surface area contributed by atoms with Crippen LogP contribution in [0.2, 0.25) is 0 Å². The Hall–Kier alpha value is -1.62. The number of alkyl halides is 1. The van der Waals surface area contributed by atoms with Gasteiger partial charge in [-0.05, 0) is 11.6 Å². The summed E-state index contributed by atoms with van der Waals surface area (Å²) in [6.45, 7) is 0.530. The normalized spacial score (nSPS) is 12.1. The molecule has 4 nitrogen and oxygen atoms in total. The molecule has 2 aromatic rings. The molecule has 0 saturated carbocycles. The third-order valence-electron chi connectivity index (χ3n) is 2.35. The molecule has 0 spiro atoms. The molecule has 0 radical (unpaired) electrons. The Morgan fingerprint density at radius 3 is 2.76 bits per heavy atom. The molecule has 1 unspecified atom stereocenters. The summed E-state index contributed by atoms with van der Waals surface area (Å²) in [6, 6.07) is 11.6. The Labute approximate surface area is 108 Å². The summed E-state index contributed by atoms with van der Waals surface area (Å²) >= 11 is 3.54. The Morgan fingerprint density at radius 2 is 2.12 bits per heavy atom. The lowest BCUT2D eigenvalue weighted by Gasteiger charge is -2.10. The summed E-state index contributed by atoms with van der Waals surface area (Å²) in [5.41, 5.74) is 1.61. The zero-order chi connectivity index (χ0) is 12.1. The third-order valence-corrected chi connectivity index (χ3v) is 3.20. The average molecular weight is 294 g/mol. The van der Waals surface area contributed by atoms with Crippen molar-refractivity contribution in [3.05, 3.63) is 53.9 Å². The van der Waals surface area contributed by atoms with Crippen LogP contribution in [0, 0.1) is 0 Å². The van der Waals surface area contributed by atoms with E-state index in [1.165, 1.54) is 0 Å². The van der Waals surface area contributed by atoms with Crippen LogP contribution in [-0.2, 0) is 0 Å². The van der Waals surface area contributed by atoms with E-state index in [4.69, 9.17) is 0 Å². The Morgan fingerprint density at radius 1 is 1.35 bits per heavy atom. The van der Waals surface area contributed by atoms with Gasteiger partial charge in [0.05, 0.1) is 4.83 Å². The molecule has 5 heteroatoms. The van der Waals surface area contributed by atoms with Gasteiger partial charge in [0.25, 0.3) is 5.91 Å². The predicted octanol–water partition coefficient (Wildman–Crippen LogP) is 2.28. The van der Waals surface area contributed by atoms with Crippen LogP contribution in [0.3, 0.4) is 0 Å². The van der Waals surface area contributed by atoms with Crippen LogP contribution in [0.1, 0.15) is 20.9 Å². The summed E-state index contributed by atoms with van der Waals surface area (Å²) in [5, 5.41) is 9.18. The molecule has 1 aromatic heterocycles. The molecular weight excluding hydrogens is 282 g/mol. The standard InChI is InChI=1S/C12H12BrN3O/c13-10(9-4-2-1-3-5-9)8-14-12(17)11-6-7-15-16-11/h1-7,10H,8H2,(H,14,17)(H,15,16). The van der Waals surface area contributed by atoms with Gasteiger partial charge >= 0.3 is 0 Å². The van der Waals surface area contributed by atoms with Crippen molar-refractivity contribution in [3.63, 3.8) is 0 Å². The van der Waals surface area contributed by atoms with Crippen LogP contribution < -0.4 is 5.32 Å². The molecule has 1 atom stereocenters. The number of hydrogen-bond acceptors (Lipinski definition) is 2. The number of aromatic nitrogens is 2. The van der Waals surface area contributed by atoms with Gasteiger partial charge in [0.2, 0.25) is 0 Å². The van der Waals surface area contributed by atoms with E-state index >= 15 is 0 Å². The van der Waals surface area contributed by atoms with Crippen LogP contribution in [0.15, 0.2) is 42.6 Å². The van der Waals surface area contributed by atoms with Crippen molar-refractivity contribution >= 4 is 21.8 Å². The van der Waals surface area contributed by atoms with Crippen molar-refractivity contribution in [2.45, 2.75) is 4.83 Å². The number of benzene rings is 1. The number of amides is 1. The lowest BCUT2D eigenvalue weighted by atomic mass is 10.1. The number of H-pyrrole nitrogens is 1. The maximum absolute atomic E-state index is 11.6. The van der Waals surface area contributed by atoms with Gasteiger partial charge < -0.3 is 5.32 Å². The zero-order valence-electron chi connectivity index (χ0n) is 9.06.